The number of para-hydroxylation sites is 3. The highest BCUT2D eigenvalue weighted by Gasteiger charge is 2.21. The van der Waals surface area contributed by atoms with Crippen LogP contribution in [0.25, 0.3) is 99.2 Å². The maximum Gasteiger partial charge on any atom is 0.136 e. The van der Waals surface area contributed by atoms with Crippen molar-refractivity contribution in [2.75, 3.05) is 0 Å². The lowest BCUT2D eigenvalue weighted by Crippen LogP contribution is -2.04. The molecule has 0 spiro atoms. The topological polar surface area (TPSA) is 23.0 Å². The van der Waals surface area contributed by atoms with Crippen molar-refractivity contribution in [3.8, 4) is 33.6 Å². The molecule has 8 aromatic carbocycles. The van der Waals surface area contributed by atoms with E-state index in [4.69, 9.17) is 4.42 Å². The second-order valence-electron chi connectivity index (χ2n) is 14.4. The van der Waals surface area contributed by atoms with Crippen LogP contribution in [0.5, 0.6) is 0 Å². The van der Waals surface area contributed by atoms with E-state index in [0.717, 1.165) is 46.2 Å². The average molecular weight is 677 g/mol. The summed E-state index contributed by atoms with van der Waals surface area (Å²) in [5, 5.41) is 7.29. The number of rotatable bonds is 3. The Morgan fingerprint density at radius 2 is 0.981 bits per heavy atom. The minimum absolute atomic E-state index is 0.913. The molecule has 0 saturated carbocycles. The molecular weight excluding hydrogens is 645 g/mol. The summed E-state index contributed by atoms with van der Waals surface area (Å²) in [6.45, 7) is 0. The van der Waals surface area contributed by atoms with Crippen LogP contribution in [-0.4, -0.2) is 9.13 Å². The van der Waals surface area contributed by atoms with Crippen molar-refractivity contribution in [2.24, 2.45) is 0 Å². The third-order valence-corrected chi connectivity index (χ3v) is 11.6. The molecule has 0 atom stereocenters. The summed E-state index contributed by atoms with van der Waals surface area (Å²) >= 11 is 0. The van der Waals surface area contributed by atoms with Crippen molar-refractivity contribution >= 4 is 65.6 Å². The van der Waals surface area contributed by atoms with Crippen LogP contribution in [0.4, 0.5) is 0 Å². The third kappa shape index (κ3) is 4.16. The smallest absolute Gasteiger partial charge is 0.136 e. The van der Waals surface area contributed by atoms with Gasteiger partial charge in [-0.25, -0.2) is 0 Å². The largest absolute Gasteiger partial charge is 0.456 e. The molecular formula is C50H32N2O. The first kappa shape index (κ1) is 28.8. The molecule has 0 bridgehead atoms. The normalized spacial score (nSPS) is 12.8. The van der Waals surface area contributed by atoms with Gasteiger partial charge in [0.2, 0.25) is 0 Å². The fourth-order valence-electron chi connectivity index (χ4n) is 9.14. The van der Waals surface area contributed by atoms with E-state index in [1.54, 1.807) is 0 Å². The molecule has 248 valence electrons. The van der Waals surface area contributed by atoms with Crippen LogP contribution in [0, 0.1) is 0 Å². The molecule has 0 amide bonds. The van der Waals surface area contributed by atoms with E-state index < -0.39 is 0 Å². The van der Waals surface area contributed by atoms with E-state index in [-0.39, 0.29) is 0 Å². The Labute approximate surface area is 305 Å². The van der Waals surface area contributed by atoms with Gasteiger partial charge in [0.15, 0.2) is 0 Å². The lowest BCUT2D eigenvalue weighted by atomic mass is 9.85. The van der Waals surface area contributed by atoms with Crippen LogP contribution in [-0.2, 0) is 12.8 Å². The third-order valence-electron chi connectivity index (χ3n) is 11.6. The minimum Gasteiger partial charge on any atom is -0.456 e. The van der Waals surface area contributed by atoms with Gasteiger partial charge < -0.3 is 13.6 Å². The van der Waals surface area contributed by atoms with Gasteiger partial charge >= 0.3 is 0 Å². The number of nitrogens with zero attached hydrogens (tertiary/aromatic N) is 2. The zero-order chi connectivity index (χ0) is 34.6. The highest BCUT2D eigenvalue weighted by molar-refractivity contribution is 6.18. The summed E-state index contributed by atoms with van der Waals surface area (Å²) < 4.78 is 11.2. The molecule has 0 unspecified atom stereocenters. The zero-order valence-corrected chi connectivity index (χ0v) is 28.9. The molecule has 0 saturated heterocycles. The van der Waals surface area contributed by atoms with Crippen LogP contribution in [0.15, 0.2) is 174 Å². The summed E-state index contributed by atoms with van der Waals surface area (Å²) in [6, 6.07) is 62.2. The summed E-state index contributed by atoms with van der Waals surface area (Å²) in [5.41, 5.74) is 17.0. The van der Waals surface area contributed by atoms with Gasteiger partial charge in [0.1, 0.15) is 11.2 Å². The molecule has 3 aromatic heterocycles. The van der Waals surface area contributed by atoms with E-state index in [2.05, 4.69) is 173 Å². The Morgan fingerprint density at radius 1 is 0.340 bits per heavy atom. The molecule has 1 aliphatic rings. The Balaban J connectivity index is 1.03. The van der Waals surface area contributed by atoms with Gasteiger partial charge in [-0.1, -0.05) is 97.1 Å². The van der Waals surface area contributed by atoms with Gasteiger partial charge in [-0.2, -0.15) is 0 Å². The molecule has 53 heavy (non-hydrogen) atoms. The number of aryl methyl sites for hydroxylation is 2. The molecule has 0 fully saturated rings. The lowest BCUT2D eigenvalue weighted by molar-refractivity contribution is 0.669. The standard InChI is InChI=1S/C50H32N2O/c1-2-11-35(12-3-1)51-46-25-22-33(26-42(46)43-30-50-44(29-48(43)51)39-15-7-9-17-49(39)53-50)31-20-23-36(24-21-31)52-45-16-8-6-14-38(45)41-27-34-19-18-32-10-4-5-13-37(32)40(34)28-47(41)52/h1-17,20-30H,18-19H2. The van der Waals surface area contributed by atoms with Crippen LogP contribution >= 0.6 is 0 Å². The van der Waals surface area contributed by atoms with E-state index in [0.29, 0.717) is 0 Å². The van der Waals surface area contributed by atoms with Crippen molar-refractivity contribution in [2.45, 2.75) is 12.8 Å². The van der Waals surface area contributed by atoms with Gasteiger partial charge in [-0.3, -0.25) is 0 Å². The first-order valence-corrected chi connectivity index (χ1v) is 18.5. The lowest BCUT2D eigenvalue weighted by Gasteiger charge is -2.20. The number of furan rings is 1. The Morgan fingerprint density at radius 3 is 1.87 bits per heavy atom. The quantitative estimate of drug-likeness (QED) is 0.183. The minimum atomic E-state index is 0.913. The molecule has 12 rings (SSSR count). The monoisotopic (exact) mass is 676 g/mol. The van der Waals surface area contributed by atoms with Crippen molar-refractivity contribution in [3.63, 3.8) is 0 Å². The zero-order valence-electron chi connectivity index (χ0n) is 28.9. The average Bonchev–Trinajstić information content (AvgIpc) is 3.86. The maximum absolute atomic E-state index is 6.39. The van der Waals surface area contributed by atoms with Crippen molar-refractivity contribution in [1.29, 1.82) is 0 Å². The Bertz CT molecular complexity index is 3270. The van der Waals surface area contributed by atoms with Gasteiger partial charge in [0, 0.05) is 43.7 Å². The highest BCUT2D eigenvalue weighted by Crippen LogP contribution is 2.42. The molecule has 1 aliphatic carbocycles. The van der Waals surface area contributed by atoms with Gasteiger partial charge in [0.05, 0.1) is 22.1 Å². The number of hydrogen-bond donors (Lipinski definition) is 0. The van der Waals surface area contributed by atoms with Crippen molar-refractivity contribution in [3.05, 3.63) is 181 Å². The first-order valence-electron chi connectivity index (χ1n) is 18.5. The summed E-state index contributed by atoms with van der Waals surface area (Å²) in [5.74, 6) is 0. The van der Waals surface area contributed by atoms with Crippen LogP contribution in [0.2, 0.25) is 0 Å². The van der Waals surface area contributed by atoms with E-state index in [1.165, 1.54) is 77.0 Å². The molecule has 0 radical (unpaired) electrons. The van der Waals surface area contributed by atoms with E-state index in [9.17, 15) is 0 Å². The van der Waals surface area contributed by atoms with Crippen LogP contribution in [0.1, 0.15) is 11.1 Å². The molecule has 3 nitrogen and oxygen atoms in total. The highest BCUT2D eigenvalue weighted by atomic mass is 16.3. The Hall–Kier alpha value is -6.84. The van der Waals surface area contributed by atoms with Gasteiger partial charge in [-0.05, 0) is 119 Å². The molecule has 3 heteroatoms. The number of fused-ring (bicyclic) bond motifs is 12. The maximum atomic E-state index is 6.39. The van der Waals surface area contributed by atoms with Gasteiger partial charge in [-0.15, -0.1) is 0 Å². The van der Waals surface area contributed by atoms with E-state index in [1.807, 2.05) is 6.07 Å². The first-order chi connectivity index (χ1) is 26.3. The molecule has 3 heterocycles. The fourth-order valence-corrected chi connectivity index (χ4v) is 9.14. The van der Waals surface area contributed by atoms with E-state index >= 15 is 0 Å². The SMILES string of the molecule is c1ccc(-n2c3ccc(-c4ccc(-n5c6ccccc6c6cc7c(cc65)-c5ccccc5CC7)cc4)cc3c3cc4oc5ccccc5c4cc32)cc1. The number of aromatic nitrogens is 2. The van der Waals surface area contributed by atoms with Crippen molar-refractivity contribution < 1.29 is 4.42 Å². The predicted octanol–water partition coefficient (Wildman–Crippen LogP) is 13.2. The molecule has 0 aliphatic heterocycles. The second kappa shape index (κ2) is 10.8. The van der Waals surface area contributed by atoms with Crippen molar-refractivity contribution in [1.82, 2.24) is 9.13 Å². The summed E-state index contributed by atoms with van der Waals surface area (Å²) in [4.78, 5) is 0. The summed E-state index contributed by atoms with van der Waals surface area (Å²) in [7, 11) is 0. The van der Waals surface area contributed by atoms with Gasteiger partial charge in [0.25, 0.3) is 0 Å². The van der Waals surface area contributed by atoms with Crippen LogP contribution in [0.3, 0.4) is 0 Å². The second-order valence-corrected chi connectivity index (χ2v) is 14.4. The molecule has 0 N–H and O–H groups in total. The summed E-state index contributed by atoms with van der Waals surface area (Å²) in [6.07, 6.45) is 2.17. The Kier molecular flexibility index (Phi) is 5.89. The number of benzene rings is 8. The fraction of sp³-hybridized carbons (Fsp3) is 0.0400. The predicted molar refractivity (Wildman–Crippen MR) is 221 cm³/mol. The number of hydrogen-bond acceptors (Lipinski definition) is 1. The van der Waals surface area contributed by atoms with Crippen LogP contribution < -0.4 is 0 Å². The molecule has 11 aromatic rings.